The highest BCUT2D eigenvalue weighted by atomic mass is 19.1. The summed E-state index contributed by atoms with van der Waals surface area (Å²) in [5, 5.41) is 3.49. The lowest BCUT2D eigenvalue weighted by atomic mass is 9.87. The van der Waals surface area contributed by atoms with Crippen LogP contribution in [0.5, 0.6) is 0 Å². The monoisotopic (exact) mass is 239 g/mol. The van der Waals surface area contributed by atoms with Gasteiger partial charge in [0.2, 0.25) is 0 Å². The maximum atomic E-state index is 13.9. The molecular formula is C11H15BFNO3. The van der Waals surface area contributed by atoms with Gasteiger partial charge in [-0.2, -0.15) is 0 Å². The van der Waals surface area contributed by atoms with Gasteiger partial charge in [0.05, 0.1) is 17.4 Å². The molecule has 1 aliphatic heterocycles. The van der Waals surface area contributed by atoms with E-state index in [1.165, 1.54) is 18.5 Å². The van der Waals surface area contributed by atoms with Gasteiger partial charge in [0, 0.05) is 5.56 Å². The Balaban J connectivity index is 2.16. The van der Waals surface area contributed by atoms with Crippen LogP contribution in [0.2, 0.25) is 0 Å². The van der Waals surface area contributed by atoms with E-state index in [-0.39, 0.29) is 0 Å². The molecule has 0 saturated carbocycles. The van der Waals surface area contributed by atoms with Crippen LogP contribution in [-0.2, 0) is 9.31 Å². The molecule has 1 aliphatic rings. The summed E-state index contributed by atoms with van der Waals surface area (Å²) in [7, 11) is -0.977. The minimum atomic E-state index is -0.977. The summed E-state index contributed by atoms with van der Waals surface area (Å²) in [6.45, 7) is 7.50. The van der Waals surface area contributed by atoms with E-state index in [2.05, 4.69) is 9.68 Å². The largest absolute Gasteiger partial charge is 0.525 e. The van der Waals surface area contributed by atoms with Crippen LogP contribution in [0, 0.1) is 0 Å². The van der Waals surface area contributed by atoms with Crippen molar-refractivity contribution in [3.63, 3.8) is 0 Å². The van der Waals surface area contributed by atoms with E-state index in [0.29, 0.717) is 5.56 Å². The van der Waals surface area contributed by atoms with Crippen molar-refractivity contribution in [1.82, 2.24) is 5.16 Å². The molecule has 0 N–H and O–H groups in total. The second-order valence-electron chi connectivity index (χ2n) is 5.08. The fourth-order valence-electron chi connectivity index (χ4n) is 1.47. The Hall–Kier alpha value is -1.14. The first-order valence-corrected chi connectivity index (χ1v) is 5.44. The van der Waals surface area contributed by atoms with Crippen molar-refractivity contribution in [2.24, 2.45) is 0 Å². The van der Waals surface area contributed by atoms with Gasteiger partial charge in [-0.15, -0.1) is 0 Å². The van der Waals surface area contributed by atoms with Gasteiger partial charge in [-0.3, -0.25) is 0 Å². The number of aromatic nitrogens is 1. The van der Waals surface area contributed by atoms with Gasteiger partial charge in [0.25, 0.3) is 0 Å². The first-order valence-electron chi connectivity index (χ1n) is 5.44. The fourth-order valence-corrected chi connectivity index (χ4v) is 1.47. The van der Waals surface area contributed by atoms with Crippen LogP contribution in [0.1, 0.15) is 33.3 Å². The van der Waals surface area contributed by atoms with E-state index >= 15 is 0 Å². The highest BCUT2D eigenvalue weighted by Gasteiger charge is 2.53. The van der Waals surface area contributed by atoms with Crippen molar-refractivity contribution < 1.29 is 18.2 Å². The summed E-state index contributed by atoms with van der Waals surface area (Å²) in [5.74, 6) is 0. The molecule has 1 fully saturated rings. The number of nitrogens with zero attached hydrogens (tertiary/aromatic N) is 1. The van der Waals surface area contributed by atoms with Crippen molar-refractivity contribution in [3.05, 3.63) is 23.7 Å². The van der Waals surface area contributed by atoms with Crippen LogP contribution in [0.4, 0.5) is 4.39 Å². The third-order valence-electron chi connectivity index (χ3n) is 3.23. The van der Waals surface area contributed by atoms with E-state index in [4.69, 9.17) is 9.31 Å². The Kier molecular flexibility index (Phi) is 2.87. The van der Waals surface area contributed by atoms with Crippen molar-refractivity contribution in [2.75, 3.05) is 0 Å². The molecule has 1 aromatic rings. The summed E-state index contributed by atoms with van der Waals surface area (Å²) in [4.78, 5) is 0. The lowest BCUT2D eigenvalue weighted by Crippen LogP contribution is -2.41. The first-order chi connectivity index (χ1) is 7.82. The maximum Gasteiger partial charge on any atom is 0.525 e. The lowest BCUT2D eigenvalue weighted by molar-refractivity contribution is 0.00578. The standard InChI is InChI=1S/C11H15BFNO3/c1-10(2)11(3,4)17-12(16-10)9(13)5-8-6-14-15-7-8/h5-7H,1-4H3. The predicted molar refractivity (Wildman–Crippen MR) is 61.7 cm³/mol. The molecule has 92 valence electrons. The van der Waals surface area contributed by atoms with Gasteiger partial charge >= 0.3 is 7.12 Å². The van der Waals surface area contributed by atoms with Crippen LogP contribution < -0.4 is 0 Å². The van der Waals surface area contributed by atoms with Crippen LogP contribution in [-0.4, -0.2) is 23.5 Å². The summed E-state index contributed by atoms with van der Waals surface area (Å²) < 4.78 is 29.6. The molecule has 0 amide bonds. The zero-order valence-electron chi connectivity index (χ0n) is 10.4. The Bertz CT molecular complexity index is 412. The number of rotatable bonds is 2. The highest BCUT2D eigenvalue weighted by Crippen LogP contribution is 2.38. The minimum Gasteiger partial charge on any atom is -0.398 e. The normalized spacial score (nSPS) is 23.1. The van der Waals surface area contributed by atoms with Gasteiger partial charge < -0.3 is 13.8 Å². The second kappa shape index (κ2) is 3.96. The van der Waals surface area contributed by atoms with E-state index < -0.39 is 24.0 Å². The van der Waals surface area contributed by atoms with Crippen molar-refractivity contribution >= 4 is 13.2 Å². The first kappa shape index (κ1) is 12.3. The molecule has 2 rings (SSSR count). The number of halogens is 1. The molecule has 17 heavy (non-hydrogen) atoms. The molecule has 0 aromatic carbocycles. The Morgan fingerprint density at radius 1 is 1.29 bits per heavy atom. The zero-order chi connectivity index (χ0) is 12.7. The molecule has 0 aliphatic carbocycles. The van der Waals surface area contributed by atoms with Crippen LogP contribution >= 0.6 is 0 Å². The molecule has 2 heterocycles. The van der Waals surface area contributed by atoms with Gasteiger partial charge in [-0.05, 0) is 33.8 Å². The van der Waals surface area contributed by atoms with Crippen LogP contribution in [0.15, 0.2) is 22.7 Å². The quantitative estimate of drug-likeness (QED) is 0.744. The summed E-state index contributed by atoms with van der Waals surface area (Å²) in [6, 6.07) is 0. The molecule has 0 unspecified atom stereocenters. The predicted octanol–water partition coefficient (Wildman–Crippen LogP) is 2.62. The second-order valence-corrected chi connectivity index (χ2v) is 5.08. The van der Waals surface area contributed by atoms with E-state index in [1.54, 1.807) is 0 Å². The van der Waals surface area contributed by atoms with Crippen molar-refractivity contribution in [2.45, 2.75) is 38.9 Å². The van der Waals surface area contributed by atoms with E-state index in [1.807, 2.05) is 27.7 Å². The molecule has 0 bridgehead atoms. The molecule has 1 aromatic heterocycles. The van der Waals surface area contributed by atoms with Gasteiger partial charge in [-0.25, -0.2) is 4.39 Å². The zero-order valence-corrected chi connectivity index (χ0v) is 10.4. The third-order valence-corrected chi connectivity index (χ3v) is 3.23. The summed E-state index contributed by atoms with van der Waals surface area (Å²) in [6.07, 6.45) is 4.06. The number of hydrogen-bond donors (Lipinski definition) is 0. The molecule has 0 radical (unpaired) electrons. The van der Waals surface area contributed by atoms with Gasteiger partial charge in [0.15, 0.2) is 0 Å². The summed E-state index contributed by atoms with van der Waals surface area (Å²) in [5.41, 5.74) is -1.04. The topological polar surface area (TPSA) is 44.5 Å². The fraction of sp³-hybridized carbons (Fsp3) is 0.545. The summed E-state index contributed by atoms with van der Waals surface area (Å²) >= 11 is 0. The van der Waals surface area contributed by atoms with E-state index in [9.17, 15) is 4.39 Å². The Morgan fingerprint density at radius 3 is 2.35 bits per heavy atom. The Labute approximate surface area is 99.9 Å². The van der Waals surface area contributed by atoms with Crippen molar-refractivity contribution in [3.8, 4) is 0 Å². The molecule has 1 saturated heterocycles. The molecule has 6 heteroatoms. The minimum absolute atomic E-state index is 0.494. The molecule has 0 atom stereocenters. The maximum absolute atomic E-state index is 13.9. The third kappa shape index (κ3) is 2.28. The smallest absolute Gasteiger partial charge is 0.398 e. The molecule has 0 spiro atoms. The molecular weight excluding hydrogens is 224 g/mol. The Morgan fingerprint density at radius 2 is 1.88 bits per heavy atom. The van der Waals surface area contributed by atoms with Crippen LogP contribution in [0.3, 0.4) is 0 Å². The van der Waals surface area contributed by atoms with Gasteiger partial charge in [0.1, 0.15) is 12.0 Å². The SMILES string of the molecule is CC1(C)OB(C(F)=Cc2cnoc2)OC1(C)C. The number of hydrogen-bond acceptors (Lipinski definition) is 4. The molecule has 4 nitrogen and oxygen atoms in total. The van der Waals surface area contributed by atoms with Crippen molar-refractivity contribution in [1.29, 1.82) is 0 Å². The average molecular weight is 239 g/mol. The van der Waals surface area contributed by atoms with Crippen LogP contribution in [0.25, 0.3) is 6.08 Å². The average Bonchev–Trinajstić information content (AvgIpc) is 2.74. The lowest BCUT2D eigenvalue weighted by Gasteiger charge is -2.32. The van der Waals surface area contributed by atoms with Gasteiger partial charge in [-0.1, -0.05) is 5.16 Å². The highest BCUT2D eigenvalue weighted by molar-refractivity contribution is 6.54. The van der Waals surface area contributed by atoms with E-state index in [0.717, 1.165) is 0 Å².